The second kappa shape index (κ2) is 7.77. The summed E-state index contributed by atoms with van der Waals surface area (Å²) < 4.78 is 14.9. The summed E-state index contributed by atoms with van der Waals surface area (Å²) in [5.41, 5.74) is 0. The SMILES string of the molecule is C#CC(C[C@H](OC)[C@H](O)COC)OC. The van der Waals surface area contributed by atoms with Gasteiger partial charge in [-0.25, -0.2) is 0 Å². The quantitative estimate of drug-likeness (QED) is 0.592. The number of aliphatic hydroxyl groups is 1. The first-order chi connectivity index (χ1) is 6.69. The minimum Gasteiger partial charge on any atom is -0.388 e. The minimum atomic E-state index is -0.684. The van der Waals surface area contributed by atoms with Gasteiger partial charge in [0.1, 0.15) is 12.2 Å². The van der Waals surface area contributed by atoms with Gasteiger partial charge in [-0.2, -0.15) is 0 Å². The van der Waals surface area contributed by atoms with Crippen LogP contribution in [0.1, 0.15) is 6.42 Å². The highest BCUT2D eigenvalue weighted by Crippen LogP contribution is 2.09. The van der Waals surface area contributed by atoms with Crippen molar-refractivity contribution in [3.63, 3.8) is 0 Å². The first-order valence-corrected chi connectivity index (χ1v) is 4.38. The van der Waals surface area contributed by atoms with Crippen molar-refractivity contribution >= 4 is 0 Å². The third-order valence-electron chi connectivity index (χ3n) is 1.99. The molecule has 0 radical (unpaired) electrons. The van der Waals surface area contributed by atoms with Gasteiger partial charge < -0.3 is 19.3 Å². The fraction of sp³-hybridized carbons (Fsp3) is 0.800. The summed E-state index contributed by atoms with van der Waals surface area (Å²) in [7, 11) is 4.57. The van der Waals surface area contributed by atoms with Crippen LogP contribution in [0, 0.1) is 12.3 Å². The molecule has 0 fully saturated rings. The van der Waals surface area contributed by atoms with Gasteiger partial charge in [-0.15, -0.1) is 6.42 Å². The van der Waals surface area contributed by atoms with E-state index in [1.54, 1.807) is 0 Å². The molecule has 1 unspecified atom stereocenters. The molecule has 0 aromatic rings. The molecule has 0 saturated carbocycles. The van der Waals surface area contributed by atoms with E-state index < -0.39 is 6.10 Å². The van der Waals surface area contributed by atoms with E-state index in [0.29, 0.717) is 6.42 Å². The summed E-state index contributed by atoms with van der Waals surface area (Å²) in [5.74, 6) is 2.46. The molecule has 1 N–H and O–H groups in total. The maximum absolute atomic E-state index is 9.57. The predicted octanol–water partition coefficient (Wildman–Crippen LogP) is 0.0470. The summed E-state index contributed by atoms with van der Waals surface area (Å²) in [5, 5.41) is 9.57. The van der Waals surface area contributed by atoms with E-state index in [1.165, 1.54) is 21.3 Å². The lowest BCUT2D eigenvalue weighted by atomic mass is 10.1. The van der Waals surface area contributed by atoms with Gasteiger partial charge in [0.25, 0.3) is 0 Å². The fourth-order valence-electron chi connectivity index (χ4n) is 1.13. The van der Waals surface area contributed by atoms with Crippen molar-refractivity contribution in [3.8, 4) is 12.3 Å². The van der Waals surface area contributed by atoms with E-state index in [1.807, 2.05) is 0 Å². The lowest BCUT2D eigenvalue weighted by molar-refractivity contribution is -0.0630. The van der Waals surface area contributed by atoms with E-state index in [9.17, 15) is 5.11 Å². The number of rotatable bonds is 7. The maximum atomic E-state index is 9.57. The minimum absolute atomic E-state index is 0.222. The number of hydrogen-bond acceptors (Lipinski definition) is 4. The molecular formula is C10H18O4. The van der Waals surface area contributed by atoms with Gasteiger partial charge in [0.15, 0.2) is 0 Å². The predicted molar refractivity (Wildman–Crippen MR) is 52.9 cm³/mol. The van der Waals surface area contributed by atoms with Crippen LogP contribution in [-0.4, -0.2) is 51.4 Å². The van der Waals surface area contributed by atoms with Crippen LogP contribution in [-0.2, 0) is 14.2 Å². The van der Waals surface area contributed by atoms with Crippen molar-refractivity contribution in [1.82, 2.24) is 0 Å². The zero-order chi connectivity index (χ0) is 11.0. The van der Waals surface area contributed by atoms with Crippen LogP contribution in [0.2, 0.25) is 0 Å². The van der Waals surface area contributed by atoms with Crippen LogP contribution >= 0.6 is 0 Å². The summed E-state index contributed by atoms with van der Waals surface area (Å²) >= 11 is 0. The van der Waals surface area contributed by atoms with Crippen LogP contribution < -0.4 is 0 Å². The normalized spacial score (nSPS) is 17.1. The first-order valence-electron chi connectivity index (χ1n) is 4.38. The van der Waals surface area contributed by atoms with Gasteiger partial charge in [-0.05, 0) is 0 Å². The Bertz CT molecular complexity index is 175. The molecule has 0 aliphatic rings. The van der Waals surface area contributed by atoms with E-state index in [0.717, 1.165) is 0 Å². The first kappa shape index (κ1) is 13.4. The summed E-state index contributed by atoms with van der Waals surface area (Å²) in [6.45, 7) is 0.222. The van der Waals surface area contributed by atoms with Crippen LogP contribution in [0.5, 0.6) is 0 Å². The molecule has 82 valence electrons. The molecule has 0 bridgehead atoms. The average Bonchev–Trinajstić information content (AvgIpc) is 2.20. The Morgan fingerprint density at radius 2 is 1.93 bits per heavy atom. The number of aliphatic hydroxyl groups excluding tert-OH is 1. The van der Waals surface area contributed by atoms with Crippen molar-refractivity contribution in [1.29, 1.82) is 0 Å². The molecule has 0 rings (SSSR count). The highest BCUT2D eigenvalue weighted by atomic mass is 16.5. The third kappa shape index (κ3) is 4.58. The van der Waals surface area contributed by atoms with Gasteiger partial charge in [0.05, 0.1) is 12.7 Å². The van der Waals surface area contributed by atoms with Gasteiger partial charge >= 0.3 is 0 Å². The van der Waals surface area contributed by atoms with E-state index in [4.69, 9.17) is 20.6 Å². The molecule has 0 aliphatic heterocycles. The van der Waals surface area contributed by atoms with Gasteiger partial charge in [-0.3, -0.25) is 0 Å². The summed E-state index contributed by atoms with van der Waals surface area (Å²) in [6, 6.07) is 0. The molecule has 4 nitrogen and oxygen atoms in total. The average molecular weight is 202 g/mol. The monoisotopic (exact) mass is 202 g/mol. The standard InChI is InChI=1S/C10H18O4/c1-5-8(13-3)6-10(14-4)9(11)7-12-2/h1,8-11H,6-7H2,2-4H3/t8?,9-,10+/m1/s1. The Morgan fingerprint density at radius 3 is 2.29 bits per heavy atom. The molecule has 14 heavy (non-hydrogen) atoms. The van der Waals surface area contributed by atoms with Crippen molar-refractivity contribution in [3.05, 3.63) is 0 Å². The van der Waals surface area contributed by atoms with Crippen LogP contribution in [0.15, 0.2) is 0 Å². The summed E-state index contributed by atoms with van der Waals surface area (Å²) in [4.78, 5) is 0. The largest absolute Gasteiger partial charge is 0.388 e. The molecule has 0 aromatic heterocycles. The smallest absolute Gasteiger partial charge is 0.120 e. The fourth-order valence-corrected chi connectivity index (χ4v) is 1.13. The molecule has 0 saturated heterocycles. The zero-order valence-corrected chi connectivity index (χ0v) is 8.90. The Hall–Kier alpha value is -0.600. The Labute approximate surface area is 85.2 Å². The molecule has 0 aliphatic carbocycles. The Kier molecular flexibility index (Phi) is 7.44. The second-order valence-corrected chi connectivity index (χ2v) is 2.92. The maximum Gasteiger partial charge on any atom is 0.120 e. The van der Waals surface area contributed by atoms with E-state index in [-0.39, 0.29) is 18.8 Å². The number of methoxy groups -OCH3 is 3. The van der Waals surface area contributed by atoms with E-state index >= 15 is 0 Å². The topological polar surface area (TPSA) is 47.9 Å². The Morgan fingerprint density at radius 1 is 1.29 bits per heavy atom. The van der Waals surface area contributed by atoms with Crippen LogP contribution in [0.25, 0.3) is 0 Å². The highest BCUT2D eigenvalue weighted by Gasteiger charge is 2.21. The highest BCUT2D eigenvalue weighted by molar-refractivity contribution is 4.96. The van der Waals surface area contributed by atoms with Crippen molar-refractivity contribution in [2.45, 2.75) is 24.7 Å². The van der Waals surface area contributed by atoms with Crippen molar-refractivity contribution in [2.24, 2.45) is 0 Å². The Balaban J connectivity index is 4.07. The summed E-state index contributed by atoms with van der Waals surface area (Å²) in [6.07, 6.45) is 4.28. The molecule has 0 aromatic carbocycles. The lowest BCUT2D eigenvalue weighted by Crippen LogP contribution is -2.35. The molecule has 0 amide bonds. The number of terminal acetylenes is 1. The second-order valence-electron chi connectivity index (χ2n) is 2.92. The van der Waals surface area contributed by atoms with Crippen LogP contribution in [0.3, 0.4) is 0 Å². The van der Waals surface area contributed by atoms with Crippen LogP contribution in [0.4, 0.5) is 0 Å². The van der Waals surface area contributed by atoms with Crippen molar-refractivity contribution in [2.75, 3.05) is 27.9 Å². The van der Waals surface area contributed by atoms with E-state index in [2.05, 4.69) is 5.92 Å². The zero-order valence-electron chi connectivity index (χ0n) is 8.90. The molecular weight excluding hydrogens is 184 g/mol. The molecule has 0 heterocycles. The molecule has 4 heteroatoms. The van der Waals surface area contributed by atoms with Gasteiger partial charge in [0, 0.05) is 27.8 Å². The molecule has 3 atom stereocenters. The molecule has 0 spiro atoms. The van der Waals surface area contributed by atoms with Gasteiger partial charge in [-0.1, -0.05) is 5.92 Å². The van der Waals surface area contributed by atoms with Crippen molar-refractivity contribution < 1.29 is 19.3 Å². The number of ether oxygens (including phenoxy) is 3. The number of hydrogen-bond donors (Lipinski definition) is 1. The lowest BCUT2D eigenvalue weighted by Gasteiger charge is -2.22. The van der Waals surface area contributed by atoms with Gasteiger partial charge in [0.2, 0.25) is 0 Å². The third-order valence-corrected chi connectivity index (χ3v) is 1.99.